The van der Waals surface area contributed by atoms with Crippen LogP contribution in [0.25, 0.3) is 0 Å². The average Bonchev–Trinajstić information content (AvgIpc) is 2.92. The molecule has 0 aromatic carbocycles. The molecule has 6 rings (SSSR count). The van der Waals surface area contributed by atoms with E-state index in [0.29, 0.717) is 49.6 Å². The summed E-state index contributed by atoms with van der Waals surface area (Å²) in [4.78, 5) is 5.37. The molecule has 6 aliphatic rings. The summed E-state index contributed by atoms with van der Waals surface area (Å²) >= 11 is 0. The SMILES string of the molecule is CON=C1C[C@@H]2[C@H](CC[C@]34C5OCCOC3(CC[C@@H]24)OCCO5)[C@@]2(C)CCCC[C@H]12. The minimum Gasteiger partial charge on any atom is -0.399 e. The summed E-state index contributed by atoms with van der Waals surface area (Å²) in [7, 11) is 1.70. The summed E-state index contributed by atoms with van der Waals surface area (Å²) in [5.74, 6) is 1.83. The van der Waals surface area contributed by atoms with E-state index in [1.165, 1.54) is 37.8 Å². The second-order valence-corrected chi connectivity index (χ2v) is 10.8. The molecule has 0 radical (unpaired) electrons. The predicted octanol–water partition coefficient (Wildman–Crippen LogP) is 4.13. The van der Waals surface area contributed by atoms with Gasteiger partial charge in [-0.3, -0.25) is 0 Å². The van der Waals surface area contributed by atoms with Gasteiger partial charge in [0, 0.05) is 12.3 Å². The maximum atomic E-state index is 6.53. The Morgan fingerprint density at radius 3 is 2.43 bits per heavy atom. The van der Waals surface area contributed by atoms with E-state index in [1.807, 2.05) is 0 Å². The molecular formula is C24H37NO5. The van der Waals surface area contributed by atoms with Crippen molar-refractivity contribution in [1.29, 1.82) is 0 Å². The summed E-state index contributed by atoms with van der Waals surface area (Å²) in [5.41, 5.74) is 1.44. The second kappa shape index (κ2) is 7.16. The Bertz CT molecular complexity index is 700. The highest BCUT2D eigenvalue weighted by molar-refractivity contribution is 5.88. The van der Waals surface area contributed by atoms with Crippen LogP contribution in [0.4, 0.5) is 0 Å². The van der Waals surface area contributed by atoms with Gasteiger partial charge in [-0.25, -0.2) is 0 Å². The molecule has 6 atom stereocenters. The summed E-state index contributed by atoms with van der Waals surface area (Å²) in [6.45, 7) is 4.93. The number of hydrogen-bond donors (Lipinski definition) is 0. The Hall–Kier alpha value is -0.690. The van der Waals surface area contributed by atoms with Crippen LogP contribution in [0.15, 0.2) is 5.16 Å². The van der Waals surface area contributed by atoms with Gasteiger partial charge in [0.15, 0.2) is 12.1 Å². The highest BCUT2D eigenvalue weighted by atomic mass is 16.8. The topological polar surface area (TPSA) is 58.5 Å². The van der Waals surface area contributed by atoms with E-state index in [2.05, 4.69) is 12.1 Å². The zero-order valence-electron chi connectivity index (χ0n) is 18.6. The molecule has 0 aromatic rings. The van der Waals surface area contributed by atoms with Crippen molar-refractivity contribution in [1.82, 2.24) is 0 Å². The molecule has 2 bridgehead atoms. The van der Waals surface area contributed by atoms with Crippen LogP contribution in [0.2, 0.25) is 0 Å². The Morgan fingerprint density at radius 2 is 1.67 bits per heavy atom. The first kappa shape index (κ1) is 20.0. The van der Waals surface area contributed by atoms with Crippen molar-refractivity contribution in [2.45, 2.75) is 76.8 Å². The molecule has 0 N–H and O–H groups in total. The van der Waals surface area contributed by atoms with Gasteiger partial charge in [0.25, 0.3) is 0 Å². The van der Waals surface area contributed by atoms with Crippen molar-refractivity contribution in [2.75, 3.05) is 33.5 Å². The van der Waals surface area contributed by atoms with Crippen molar-refractivity contribution in [3.63, 3.8) is 0 Å². The van der Waals surface area contributed by atoms with Crippen molar-refractivity contribution in [3.05, 3.63) is 0 Å². The Balaban J connectivity index is 1.44. The maximum absolute atomic E-state index is 6.53. The molecule has 168 valence electrons. The lowest BCUT2D eigenvalue weighted by Gasteiger charge is -2.62. The Morgan fingerprint density at radius 1 is 0.900 bits per heavy atom. The average molecular weight is 420 g/mol. The molecule has 4 saturated carbocycles. The van der Waals surface area contributed by atoms with Crippen molar-refractivity contribution in [3.8, 4) is 0 Å². The molecule has 30 heavy (non-hydrogen) atoms. The molecule has 0 unspecified atom stereocenters. The van der Waals surface area contributed by atoms with Gasteiger partial charge in [-0.1, -0.05) is 24.9 Å². The van der Waals surface area contributed by atoms with Crippen molar-refractivity contribution < 1.29 is 23.8 Å². The summed E-state index contributed by atoms with van der Waals surface area (Å²) < 4.78 is 25.7. The van der Waals surface area contributed by atoms with Crippen LogP contribution in [0, 0.1) is 34.5 Å². The fourth-order valence-electron chi connectivity index (χ4n) is 9.03. The van der Waals surface area contributed by atoms with Crippen LogP contribution in [0.1, 0.15) is 64.7 Å². The fourth-order valence-corrected chi connectivity index (χ4v) is 9.03. The number of oxime groups is 1. The first-order valence-electron chi connectivity index (χ1n) is 12.3. The molecule has 6 fully saturated rings. The fraction of sp³-hybridized carbons (Fsp3) is 0.958. The number of hydrogen-bond acceptors (Lipinski definition) is 6. The van der Waals surface area contributed by atoms with E-state index >= 15 is 0 Å². The van der Waals surface area contributed by atoms with E-state index in [0.717, 1.165) is 31.6 Å². The third-order valence-corrected chi connectivity index (χ3v) is 10.0. The Labute approximate surface area is 180 Å². The van der Waals surface area contributed by atoms with E-state index in [-0.39, 0.29) is 11.7 Å². The molecule has 0 aromatic heterocycles. The monoisotopic (exact) mass is 419 g/mol. The van der Waals surface area contributed by atoms with Crippen LogP contribution in [0.3, 0.4) is 0 Å². The van der Waals surface area contributed by atoms with Crippen LogP contribution in [-0.4, -0.2) is 51.3 Å². The second-order valence-electron chi connectivity index (χ2n) is 10.8. The number of nitrogens with zero attached hydrogens (tertiary/aromatic N) is 1. The minimum atomic E-state index is -0.539. The molecular weight excluding hydrogens is 382 g/mol. The molecule has 6 heteroatoms. The van der Waals surface area contributed by atoms with Crippen molar-refractivity contribution >= 4 is 5.71 Å². The standard InChI is InChI=1S/C24H37NO5/c1-22-8-4-3-5-19(22)20(25-26-2)15-16-17(22)6-9-23-18(16)7-10-24(23)29-13-11-27-21(23)28-12-14-30-24/h16-19,21H,3-15H2,1-2H3/t16-,17+,18+,19-,21?,22-,23+,24?/m1/s1. The third-order valence-electron chi connectivity index (χ3n) is 10.0. The summed E-state index contributed by atoms with van der Waals surface area (Å²) in [6.07, 6.45) is 10.5. The zero-order chi connectivity index (χ0) is 20.4. The van der Waals surface area contributed by atoms with E-state index in [4.69, 9.17) is 23.8 Å². The van der Waals surface area contributed by atoms with E-state index in [9.17, 15) is 0 Å². The smallest absolute Gasteiger partial charge is 0.179 e. The molecule has 2 heterocycles. The molecule has 4 aliphatic carbocycles. The lowest BCUT2D eigenvalue weighted by Crippen LogP contribution is -2.63. The lowest BCUT2D eigenvalue weighted by molar-refractivity contribution is -0.317. The van der Waals surface area contributed by atoms with Crippen LogP contribution in [-0.2, 0) is 23.8 Å². The highest BCUT2D eigenvalue weighted by Gasteiger charge is 2.73. The van der Waals surface area contributed by atoms with Crippen molar-refractivity contribution in [2.24, 2.45) is 39.7 Å². The van der Waals surface area contributed by atoms with Gasteiger partial charge in [-0.05, 0) is 61.7 Å². The predicted molar refractivity (Wildman–Crippen MR) is 111 cm³/mol. The third kappa shape index (κ3) is 2.48. The summed E-state index contributed by atoms with van der Waals surface area (Å²) in [5, 5.41) is 4.62. The first-order valence-corrected chi connectivity index (χ1v) is 12.3. The van der Waals surface area contributed by atoms with Crippen LogP contribution >= 0.6 is 0 Å². The molecule has 0 amide bonds. The van der Waals surface area contributed by atoms with Gasteiger partial charge < -0.3 is 23.8 Å². The summed E-state index contributed by atoms with van der Waals surface area (Å²) in [6, 6.07) is 0. The highest BCUT2D eigenvalue weighted by Crippen LogP contribution is 2.70. The number of fused-ring (bicyclic) bond motifs is 4. The van der Waals surface area contributed by atoms with Gasteiger partial charge in [0.2, 0.25) is 0 Å². The largest absolute Gasteiger partial charge is 0.399 e. The van der Waals surface area contributed by atoms with Gasteiger partial charge in [0.1, 0.15) is 7.11 Å². The lowest BCUT2D eigenvalue weighted by atomic mass is 9.44. The molecule has 1 spiro atoms. The molecule has 2 aliphatic heterocycles. The van der Waals surface area contributed by atoms with Crippen LogP contribution in [0.5, 0.6) is 0 Å². The minimum absolute atomic E-state index is 0.197. The quantitative estimate of drug-likeness (QED) is 0.598. The van der Waals surface area contributed by atoms with E-state index < -0.39 is 5.79 Å². The van der Waals surface area contributed by atoms with Crippen LogP contribution < -0.4 is 0 Å². The Kier molecular flexibility index (Phi) is 4.76. The normalized spacial score (nSPS) is 54.2. The number of ether oxygens (including phenoxy) is 4. The van der Waals surface area contributed by atoms with Gasteiger partial charge >= 0.3 is 0 Å². The molecule has 6 nitrogen and oxygen atoms in total. The number of rotatable bonds is 1. The van der Waals surface area contributed by atoms with Gasteiger partial charge in [0.05, 0.1) is 37.6 Å². The van der Waals surface area contributed by atoms with Gasteiger partial charge in [-0.2, -0.15) is 0 Å². The zero-order valence-corrected chi connectivity index (χ0v) is 18.6. The van der Waals surface area contributed by atoms with Gasteiger partial charge in [-0.15, -0.1) is 0 Å². The first-order chi connectivity index (χ1) is 14.6. The van der Waals surface area contributed by atoms with E-state index in [1.54, 1.807) is 7.11 Å². The maximum Gasteiger partial charge on any atom is 0.179 e. The molecule has 2 saturated heterocycles.